The SMILES string of the molecule is C=CCN(CCC)S(=O)(=O)c1cc(CNC)n(C2CC2)c1. The Morgan fingerprint density at radius 3 is 2.76 bits per heavy atom. The van der Waals surface area contributed by atoms with E-state index < -0.39 is 10.0 Å². The van der Waals surface area contributed by atoms with Gasteiger partial charge in [0.2, 0.25) is 10.0 Å². The smallest absolute Gasteiger partial charge is 0.244 e. The van der Waals surface area contributed by atoms with Crippen LogP contribution in [0.15, 0.2) is 29.8 Å². The molecular weight excluding hydrogens is 286 g/mol. The van der Waals surface area contributed by atoms with Gasteiger partial charge in [-0.2, -0.15) is 4.31 Å². The monoisotopic (exact) mass is 311 g/mol. The summed E-state index contributed by atoms with van der Waals surface area (Å²) in [4.78, 5) is 0.398. The Morgan fingerprint density at radius 1 is 1.52 bits per heavy atom. The fraction of sp³-hybridized carbons (Fsp3) is 0.600. The van der Waals surface area contributed by atoms with Gasteiger partial charge in [-0.15, -0.1) is 6.58 Å². The molecule has 0 radical (unpaired) electrons. The van der Waals surface area contributed by atoms with Crippen LogP contribution in [0.25, 0.3) is 0 Å². The van der Waals surface area contributed by atoms with E-state index in [0.29, 0.717) is 30.6 Å². The highest BCUT2D eigenvalue weighted by Gasteiger charge is 2.30. The predicted molar refractivity (Wildman–Crippen MR) is 84.7 cm³/mol. The van der Waals surface area contributed by atoms with Crippen LogP contribution < -0.4 is 5.32 Å². The van der Waals surface area contributed by atoms with Gasteiger partial charge < -0.3 is 9.88 Å². The number of nitrogens with zero attached hydrogens (tertiary/aromatic N) is 2. The molecule has 1 aliphatic rings. The zero-order chi connectivity index (χ0) is 15.5. The fourth-order valence-corrected chi connectivity index (χ4v) is 4.06. The summed E-state index contributed by atoms with van der Waals surface area (Å²) in [6.07, 6.45) is 6.50. The highest BCUT2D eigenvalue weighted by molar-refractivity contribution is 7.89. The maximum atomic E-state index is 12.8. The van der Waals surface area contributed by atoms with Crippen molar-refractivity contribution in [3.63, 3.8) is 0 Å². The van der Waals surface area contributed by atoms with E-state index in [9.17, 15) is 8.42 Å². The summed E-state index contributed by atoms with van der Waals surface area (Å²) in [5.74, 6) is 0. The van der Waals surface area contributed by atoms with E-state index in [0.717, 1.165) is 25.0 Å². The van der Waals surface area contributed by atoms with Crippen LogP contribution in [0.4, 0.5) is 0 Å². The molecule has 0 aromatic carbocycles. The zero-order valence-corrected chi connectivity index (χ0v) is 13.7. The number of aromatic nitrogens is 1. The van der Waals surface area contributed by atoms with E-state index in [2.05, 4.69) is 16.5 Å². The molecule has 0 bridgehead atoms. The van der Waals surface area contributed by atoms with Crippen LogP contribution in [0, 0.1) is 0 Å². The second-order valence-electron chi connectivity index (χ2n) is 5.49. The third-order valence-electron chi connectivity index (χ3n) is 3.65. The number of nitrogens with one attached hydrogen (secondary N) is 1. The van der Waals surface area contributed by atoms with Gasteiger partial charge in [0.1, 0.15) is 4.90 Å². The standard InChI is InChI=1S/C15H25N3O2S/c1-4-8-17(9-5-2)21(19,20)15-10-14(11-16-3)18(12-15)13-6-7-13/h4,10,12-13,16H,1,5-9,11H2,2-3H3. The van der Waals surface area contributed by atoms with Crippen LogP contribution >= 0.6 is 0 Å². The van der Waals surface area contributed by atoms with Gasteiger partial charge in [-0.05, 0) is 32.4 Å². The Labute approximate surface area is 127 Å². The molecule has 118 valence electrons. The molecule has 1 aliphatic carbocycles. The van der Waals surface area contributed by atoms with Crippen LogP contribution in [0.1, 0.15) is 37.9 Å². The van der Waals surface area contributed by atoms with E-state index in [1.165, 1.54) is 4.31 Å². The van der Waals surface area contributed by atoms with Crippen molar-refractivity contribution in [2.75, 3.05) is 20.1 Å². The first-order valence-electron chi connectivity index (χ1n) is 7.51. The lowest BCUT2D eigenvalue weighted by molar-refractivity contribution is 0.441. The molecule has 1 aromatic rings. The molecule has 0 saturated heterocycles. The molecule has 21 heavy (non-hydrogen) atoms. The molecule has 0 spiro atoms. The van der Waals surface area contributed by atoms with Crippen molar-refractivity contribution in [1.82, 2.24) is 14.2 Å². The van der Waals surface area contributed by atoms with Crippen LogP contribution in [0.3, 0.4) is 0 Å². The van der Waals surface area contributed by atoms with Gasteiger partial charge in [0.15, 0.2) is 0 Å². The molecule has 0 atom stereocenters. The molecule has 1 aromatic heterocycles. The molecule has 2 rings (SSSR count). The molecule has 6 heteroatoms. The van der Waals surface area contributed by atoms with Gasteiger partial charge in [0, 0.05) is 37.6 Å². The Balaban J connectivity index is 2.34. The predicted octanol–water partition coefficient (Wildman–Crippen LogP) is 2.13. The topological polar surface area (TPSA) is 54.3 Å². The second kappa shape index (κ2) is 6.77. The largest absolute Gasteiger partial charge is 0.346 e. The van der Waals surface area contributed by atoms with E-state index >= 15 is 0 Å². The van der Waals surface area contributed by atoms with Crippen molar-refractivity contribution in [3.05, 3.63) is 30.6 Å². The second-order valence-corrected chi connectivity index (χ2v) is 7.43. The molecule has 5 nitrogen and oxygen atoms in total. The lowest BCUT2D eigenvalue weighted by Gasteiger charge is -2.19. The number of hydrogen-bond acceptors (Lipinski definition) is 3. The minimum absolute atomic E-state index is 0.353. The van der Waals surface area contributed by atoms with Gasteiger partial charge in [-0.1, -0.05) is 13.0 Å². The van der Waals surface area contributed by atoms with E-state index in [1.807, 2.05) is 14.0 Å². The summed E-state index contributed by atoms with van der Waals surface area (Å²) in [5.41, 5.74) is 1.04. The van der Waals surface area contributed by atoms with Crippen molar-refractivity contribution in [2.45, 2.75) is 43.7 Å². The number of hydrogen-bond donors (Lipinski definition) is 1. The third-order valence-corrected chi connectivity index (χ3v) is 5.48. The van der Waals surface area contributed by atoms with E-state index in [-0.39, 0.29) is 0 Å². The molecule has 1 N–H and O–H groups in total. The summed E-state index contributed by atoms with van der Waals surface area (Å²) in [6, 6.07) is 2.27. The van der Waals surface area contributed by atoms with Gasteiger partial charge in [0.25, 0.3) is 0 Å². The average molecular weight is 311 g/mol. The average Bonchev–Trinajstić information content (AvgIpc) is 3.20. The first-order valence-corrected chi connectivity index (χ1v) is 8.95. The Bertz CT molecular complexity index is 588. The van der Waals surface area contributed by atoms with Crippen LogP contribution in [0.2, 0.25) is 0 Å². The maximum absolute atomic E-state index is 12.8. The maximum Gasteiger partial charge on any atom is 0.244 e. The van der Waals surface area contributed by atoms with Gasteiger partial charge in [-0.3, -0.25) is 0 Å². The van der Waals surface area contributed by atoms with Gasteiger partial charge >= 0.3 is 0 Å². The van der Waals surface area contributed by atoms with E-state index in [1.54, 1.807) is 18.3 Å². The normalized spacial score (nSPS) is 15.6. The molecule has 0 amide bonds. The lowest BCUT2D eigenvalue weighted by atomic mass is 10.4. The summed E-state index contributed by atoms with van der Waals surface area (Å²) < 4.78 is 29.1. The third kappa shape index (κ3) is 3.56. The Morgan fingerprint density at radius 2 is 2.24 bits per heavy atom. The highest BCUT2D eigenvalue weighted by Crippen LogP contribution is 2.37. The molecular formula is C15H25N3O2S. The van der Waals surface area contributed by atoms with Crippen molar-refractivity contribution in [3.8, 4) is 0 Å². The zero-order valence-electron chi connectivity index (χ0n) is 12.9. The fourth-order valence-electron chi connectivity index (χ4n) is 2.51. The van der Waals surface area contributed by atoms with Crippen LogP contribution in [0.5, 0.6) is 0 Å². The highest BCUT2D eigenvalue weighted by atomic mass is 32.2. The Kier molecular flexibility index (Phi) is 5.24. The Hall–Kier alpha value is -1.11. The summed E-state index contributed by atoms with van der Waals surface area (Å²) in [6.45, 7) is 7.19. The minimum atomic E-state index is -3.44. The van der Waals surface area contributed by atoms with Crippen molar-refractivity contribution in [2.24, 2.45) is 0 Å². The number of rotatable bonds is 9. The van der Waals surface area contributed by atoms with Crippen molar-refractivity contribution < 1.29 is 8.42 Å². The van der Waals surface area contributed by atoms with Crippen LogP contribution in [-0.2, 0) is 16.6 Å². The van der Waals surface area contributed by atoms with Gasteiger partial charge in [-0.25, -0.2) is 8.42 Å². The summed E-state index contributed by atoms with van der Waals surface area (Å²) >= 11 is 0. The first kappa shape index (κ1) is 16.3. The number of sulfonamides is 1. The molecule has 1 fully saturated rings. The molecule has 0 aliphatic heterocycles. The van der Waals surface area contributed by atoms with Crippen molar-refractivity contribution >= 4 is 10.0 Å². The molecule has 1 saturated carbocycles. The minimum Gasteiger partial charge on any atom is -0.346 e. The quantitative estimate of drug-likeness (QED) is 0.711. The van der Waals surface area contributed by atoms with E-state index in [4.69, 9.17) is 0 Å². The summed E-state index contributed by atoms with van der Waals surface area (Å²) in [7, 11) is -1.56. The lowest BCUT2D eigenvalue weighted by Crippen LogP contribution is -2.31. The summed E-state index contributed by atoms with van der Waals surface area (Å²) in [5, 5.41) is 3.11. The van der Waals surface area contributed by atoms with Crippen molar-refractivity contribution in [1.29, 1.82) is 0 Å². The van der Waals surface area contributed by atoms with Crippen LogP contribution in [-0.4, -0.2) is 37.4 Å². The van der Waals surface area contributed by atoms with Gasteiger partial charge in [0.05, 0.1) is 0 Å². The molecule has 1 heterocycles. The molecule has 0 unspecified atom stereocenters. The first-order chi connectivity index (χ1) is 10.0.